The van der Waals surface area contributed by atoms with E-state index in [-0.39, 0.29) is 42.2 Å². The van der Waals surface area contributed by atoms with Crippen LogP contribution in [0.15, 0.2) is 34.7 Å². The van der Waals surface area contributed by atoms with E-state index in [0.29, 0.717) is 12.2 Å². The van der Waals surface area contributed by atoms with Crippen molar-refractivity contribution < 1.29 is 18.7 Å². The molecular formula is C24H32N2O4. The van der Waals surface area contributed by atoms with Crippen LogP contribution < -0.4 is 15.4 Å². The lowest BCUT2D eigenvalue weighted by atomic mass is 9.85. The normalized spacial score (nSPS) is 18.8. The van der Waals surface area contributed by atoms with E-state index in [4.69, 9.17) is 9.15 Å². The van der Waals surface area contributed by atoms with Crippen LogP contribution in [0.1, 0.15) is 67.0 Å². The van der Waals surface area contributed by atoms with E-state index < -0.39 is 0 Å². The lowest BCUT2D eigenvalue weighted by Crippen LogP contribution is -2.43. The molecule has 1 aromatic heterocycles. The van der Waals surface area contributed by atoms with Gasteiger partial charge in [0.25, 0.3) is 5.91 Å². The molecule has 2 unspecified atom stereocenters. The Kier molecular flexibility index (Phi) is 7.19. The summed E-state index contributed by atoms with van der Waals surface area (Å²) in [5.41, 5.74) is 2.25. The monoisotopic (exact) mass is 412 g/mol. The highest BCUT2D eigenvalue weighted by molar-refractivity contribution is 5.91. The fourth-order valence-electron chi connectivity index (χ4n) is 3.91. The van der Waals surface area contributed by atoms with Gasteiger partial charge in [0.2, 0.25) is 5.91 Å². The van der Waals surface area contributed by atoms with Gasteiger partial charge in [0, 0.05) is 18.0 Å². The number of amides is 2. The van der Waals surface area contributed by atoms with Crippen LogP contribution in [0.5, 0.6) is 5.75 Å². The molecular weight excluding hydrogens is 380 g/mol. The van der Waals surface area contributed by atoms with Crippen molar-refractivity contribution in [1.29, 1.82) is 0 Å². The van der Waals surface area contributed by atoms with Crippen molar-refractivity contribution in [3.63, 3.8) is 0 Å². The van der Waals surface area contributed by atoms with E-state index in [9.17, 15) is 9.59 Å². The molecule has 2 amide bonds. The van der Waals surface area contributed by atoms with Gasteiger partial charge in [-0.3, -0.25) is 9.59 Å². The third-order valence-electron chi connectivity index (χ3n) is 5.40. The molecule has 0 aliphatic heterocycles. The molecule has 3 rings (SSSR count). The first-order chi connectivity index (χ1) is 14.3. The number of aryl methyl sites for hydroxylation is 2. The van der Waals surface area contributed by atoms with Crippen molar-refractivity contribution in [1.82, 2.24) is 10.6 Å². The van der Waals surface area contributed by atoms with E-state index >= 15 is 0 Å². The van der Waals surface area contributed by atoms with Crippen LogP contribution in [0.3, 0.4) is 0 Å². The highest BCUT2D eigenvalue weighted by atomic mass is 16.5. The SMILES string of the molecule is Cc1ccc(OCc2ccc(C(=O)NC3CCCC(C(=O)NC(C)C)C3)o2)c(C)c1. The number of rotatable bonds is 7. The van der Waals surface area contributed by atoms with Crippen LogP contribution in [0.2, 0.25) is 0 Å². The van der Waals surface area contributed by atoms with Crippen molar-refractivity contribution in [2.75, 3.05) is 0 Å². The molecule has 1 aliphatic carbocycles. The van der Waals surface area contributed by atoms with Gasteiger partial charge in [-0.2, -0.15) is 0 Å². The second-order valence-electron chi connectivity index (χ2n) is 8.52. The summed E-state index contributed by atoms with van der Waals surface area (Å²) in [7, 11) is 0. The Hall–Kier alpha value is -2.76. The lowest BCUT2D eigenvalue weighted by Gasteiger charge is -2.29. The quantitative estimate of drug-likeness (QED) is 0.711. The van der Waals surface area contributed by atoms with Gasteiger partial charge in [-0.15, -0.1) is 0 Å². The average molecular weight is 413 g/mol. The predicted molar refractivity (Wildman–Crippen MR) is 115 cm³/mol. The summed E-state index contributed by atoms with van der Waals surface area (Å²) in [4.78, 5) is 24.9. The van der Waals surface area contributed by atoms with Gasteiger partial charge in [0.1, 0.15) is 18.1 Å². The van der Waals surface area contributed by atoms with Gasteiger partial charge >= 0.3 is 0 Å². The first kappa shape index (κ1) is 21.9. The zero-order valence-electron chi connectivity index (χ0n) is 18.3. The molecule has 1 aliphatic rings. The predicted octanol–water partition coefficient (Wildman–Crippen LogP) is 4.29. The van der Waals surface area contributed by atoms with Crippen molar-refractivity contribution in [2.24, 2.45) is 5.92 Å². The Labute approximate surface area is 178 Å². The number of furan rings is 1. The summed E-state index contributed by atoms with van der Waals surface area (Å²) in [6.07, 6.45) is 3.33. The minimum atomic E-state index is -0.248. The van der Waals surface area contributed by atoms with Gasteiger partial charge in [-0.1, -0.05) is 24.1 Å². The summed E-state index contributed by atoms with van der Waals surface area (Å²) in [5, 5.41) is 5.99. The summed E-state index contributed by atoms with van der Waals surface area (Å²) >= 11 is 0. The maximum atomic E-state index is 12.6. The van der Waals surface area contributed by atoms with Crippen LogP contribution in [0.4, 0.5) is 0 Å². The van der Waals surface area contributed by atoms with Crippen molar-refractivity contribution in [2.45, 2.75) is 72.1 Å². The smallest absolute Gasteiger partial charge is 0.287 e. The highest BCUT2D eigenvalue weighted by Gasteiger charge is 2.29. The molecule has 0 spiro atoms. The zero-order chi connectivity index (χ0) is 21.7. The Morgan fingerprint density at radius 1 is 1.17 bits per heavy atom. The van der Waals surface area contributed by atoms with Crippen LogP contribution in [-0.2, 0) is 11.4 Å². The molecule has 1 heterocycles. The molecule has 1 fully saturated rings. The molecule has 2 N–H and O–H groups in total. The second kappa shape index (κ2) is 9.83. The van der Waals surface area contributed by atoms with Crippen LogP contribution >= 0.6 is 0 Å². The molecule has 0 saturated heterocycles. The Bertz CT molecular complexity index is 887. The lowest BCUT2D eigenvalue weighted by molar-refractivity contribution is -0.126. The van der Waals surface area contributed by atoms with Crippen LogP contribution in [-0.4, -0.2) is 23.9 Å². The van der Waals surface area contributed by atoms with E-state index in [2.05, 4.69) is 16.7 Å². The number of carbonyl (C=O) groups excluding carboxylic acids is 2. The van der Waals surface area contributed by atoms with E-state index in [1.807, 2.05) is 39.8 Å². The number of carbonyl (C=O) groups is 2. The topological polar surface area (TPSA) is 80.6 Å². The standard InChI is InChI=1S/C24H32N2O4/c1-15(2)25-23(27)18-6-5-7-19(13-18)26-24(28)22-11-9-20(30-22)14-29-21-10-8-16(3)12-17(21)4/h8-12,15,18-19H,5-7,13-14H2,1-4H3,(H,25,27)(H,26,28). The highest BCUT2D eigenvalue weighted by Crippen LogP contribution is 2.25. The van der Waals surface area contributed by atoms with E-state index in [1.165, 1.54) is 5.56 Å². The first-order valence-corrected chi connectivity index (χ1v) is 10.7. The van der Waals surface area contributed by atoms with Gasteiger partial charge < -0.3 is 19.8 Å². The Morgan fingerprint density at radius 3 is 2.70 bits per heavy atom. The van der Waals surface area contributed by atoms with Crippen LogP contribution in [0.25, 0.3) is 0 Å². The van der Waals surface area contributed by atoms with Gasteiger partial charge in [-0.05, 0) is 70.7 Å². The number of hydrogen-bond acceptors (Lipinski definition) is 4. The number of hydrogen-bond donors (Lipinski definition) is 2. The molecule has 6 heteroatoms. The molecule has 1 saturated carbocycles. The molecule has 2 atom stereocenters. The van der Waals surface area contributed by atoms with Gasteiger partial charge in [-0.25, -0.2) is 0 Å². The van der Waals surface area contributed by atoms with E-state index in [0.717, 1.165) is 30.6 Å². The summed E-state index contributed by atoms with van der Waals surface area (Å²) in [5.74, 6) is 1.44. The second-order valence-corrected chi connectivity index (χ2v) is 8.52. The largest absolute Gasteiger partial charge is 0.485 e. The Balaban J connectivity index is 1.52. The maximum absolute atomic E-state index is 12.6. The summed E-state index contributed by atoms with van der Waals surface area (Å²) < 4.78 is 11.5. The molecule has 1 aromatic carbocycles. The van der Waals surface area contributed by atoms with Crippen molar-refractivity contribution in [3.05, 3.63) is 53.0 Å². The molecule has 162 valence electrons. The zero-order valence-corrected chi connectivity index (χ0v) is 18.3. The molecule has 0 bridgehead atoms. The van der Waals surface area contributed by atoms with E-state index in [1.54, 1.807) is 12.1 Å². The molecule has 0 radical (unpaired) electrons. The number of benzene rings is 1. The number of nitrogens with one attached hydrogen (secondary N) is 2. The fourth-order valence-corrected chi connectivity index (χ4v) is 3.91. The van der Waals surface area contributed by atoms with Crippen molar-refractivity contribution in [3.8, 4) is 5.75 Å². The molecule has 6 nitrogen and oxygen atoms in total. The maximum Gasteiger partial charge on any atom is 0.287 e. The minimum absolute atomic E-state index is 0.0193. The van der Waals surface area contributed by atoms with Crippen molar-refractivity contribution >= 4 is 11.8 Å². The molecule has 30 heavy (non-hydrogen) atoms. The fraction of sp³-hybridized carbons (Fsp3) is 0.500. The third kappa shape index (κ3) is 5.88. The number of ether oxygens (including phenoxy) is 1. The summed E-state index contributed by atoms with van der Waals surface area (Å²) in [6, 6.07) is 9.54. The minimum Gasteiger partial charge on any atom is -0.485 e. The molecule has 2 aromatic rings. The van der Waals surface area contributed by atoms with Gasteiger partial charge in [0.15, 0.2) is 5.76 Å². The van der Waals surface area contributed by atoms with Crippen LogP contribution in [0, 0.1) is 19.8 Å². The summed E-state index contributed by atoms with van der Waals surface area (Å²) in [6.45, 7) is 8.22. The van der Waals surface area contributed by atoms with Gasteiger partial charge in [0.05, 0.1) is 0 Å². The average Bonchev–Trinajstić information content (AvgIpc) is 3.16. The first-order valence-electron chi connectivity index (χ1n) is 10.7. The Morgan fingerprint density at radius 2 is 1.97 bits per heavy atom. The third-order valence-corrected chi connectivity index (χ3v) is 5.40.